The van der Waals surface area contributed by atoms with Gasteiger partial charge in [-0.05, 0) is 24.3 Å². The summed E-state index contributed by atoms with van der Waals surface area (Å²) >= 11 is 0. The number of carbonyl (C=O) groups is 1. The van der Waals surface area contributed by atoms with Crippen molar-refractivity contribution in [2.24, 2.45) is 0 Å². The standard InChI is InChI=1S/C11H11NO/c1-2-11(13)9-5-6-10-4-3-7-12(10)8-9/h3-8H,2H2,1H3. The highest BCUT2D eigenvalue weighted by atomic mass is 16.1. The van der Waals surface area contributed by atoms with Gasteiger partial charge in [0.2, 0.25) is 0 Å². The first kappa shape index (κ1) is 8.05. The van der Waals surface area contributed by atoms with Gasteiger partial charge in [-0.15, -0.1) is 0 Å². The Morgan fingerprint density at radius 3 is 3.00 bits per heavy atom. The third-order valence-electron chi connectivity index (χ3n) is 2.17. The molecule has 66 valence electrons. The van der Waals surface area contributed by atoms with Crippen molar-refractivity contribution in [1.29, 1.82) is 0 Å². The first-order valence-corrected chi connectivity index (χ1v) is 4.41. The molecule has 0 saturated carbocycles. The Morgan fingerprint density at radius 2 is 2.23 bits per heavy atom. The van der Waals surface area contributed by atoms with E-state index < -0.39 is 0 Å². The maximum atomic E-state index is 11.4. The van der Waals surface area contributed by atoms with E-state index in [0.717, 1.165) is 11.1 Å². The van der Waals surface area contributed by atoms with E-state index >= 15 is 0 Å². The first-order chi connectivity index (χ1) is 6.31. The Labute approximate surface area is 76.8 Å². The molecule has 2 rings (SSSR count). The Hall–Kier alpha value is -1.57. The Balaban J connectivity index is 2.54. The topological polar surface area (TPSA) is 21.5 Å². The maximum Gasteiger partial charge on any atom is 0.164 e. The third-order valence-corrected chi connectivity index (χ3v) is 2.17. The minimum Gasteiger partial charge on any atom is -0.323 e. The summed E-state index contributed by atoms with van der Waals surface area (Å²) in [5, 5.41) is 0. The molecule has 2 heterocycles. The van der Waals surface area contributed by atoms with Gasteiger partial charge in [0, 0.05) is 29.9 Å². The van der Waals surface area contributed by atoms with Crippen LogP contribution in [0, 0.1) is 0 Å². The summed E-state index contributed by atoms with van der Waals surface area (Å²) in [4.78, 5) is 11.4. The number of nitrogens with zero attached hydrogens (tertiary/aromatic N) is 1. The molecule has 2 nitrogen and oxygen atoms in total. The van der Waals surface area contributed by atoms with Gasteiger partial charge in [-0.1, -0.05) is 6.92 Å². The van der Waals surface area contributed by atoms with E-state index in [1.165, 1.54) is 0 Å². The molecule has 0 aliphatic rings. The van der Waals surface area contributed by atoms with Crippen LogP contribution in [0.3, 0.4) is 0 Å². The van der Waals surface area contributed by atoms with Crippen LogP contribution < -0.4 is 0 Å². The molecule has 0 unspecified atom stereocenters. The monoisotopic (exact) mass is 173 g/mol. The number of aromatic nitrogens is 1. The highest BCUT2D eigenvalue weighted by Gasteiger charge is 2.02. The van der Waals surface area contributed by atoms with E-state index in [4.69, 9.17) is 0 Å². The maximum absolute atomic E-state index is 11.4. The number of fused-ring (bicyclic) bond motifs is 1. The predicted molar refractivity (Wildman–Crippen MR) is 52.0 cm³/mol. The van der Waals surface area contributed by atoms with Crippen molar-refractivity contribution in [3.8, 4) is 0 Å². The summed E-state index contributed by atoms with van der Waals surface area (Å²) in [7, 11) is 0. The lowest BCUT2D eigenvalue weighted by Gasteiger charge is -1.99. The second kappa shape index (κ2) is 3.05. The van der Waals surface area contributed by atoms with Crippen molar-refractivity contribution >= 4 is 11.3 Å². The molecule has 0 fully saturated rings. The average molecular weight is 173 g/mol. The number of carbonyl (C=O) groups excluding carboxylic acids is 1. The molecule has 13 heavy (non-hydrogen) atoms. The number of hydrogen-bond donors (Lipinski definition) is 0. The Morgan fingerprint density at radius 1 is 1.38 bits per heavy atom. The number of pyridine rings is 1. The Kier molecular flexibility index (Phi) is 1.89. The highest BCUT2D eigenvalue weighted by Crippen LogP contribution is 2.08. The Bertz CT molecular complexity index is 442. The number of Topliss-reactive ketones (excluding diaryl/α,β-unsaturated/α-hetero) is 1. The molecule has 2 aromatic heterocycles. The van der Waals surface area contributed by atoms with Crippen LogP contribution in [0.5, 0.6) is 0 Å². The molecule has 2 aromatic rings. The quantitative estimate of drug-likeness (QED) is 0.639. The second-order valence-corrected chi connectivity index (χ2v) is 3.03. The molecule has 0 aliphatic carbocycles. The normalized spacial score (nSPS) is 10.5. The van der Waals surface area contributed by atoms with Gasteiger partial charge < -0.3 is 4.40 Å². The van der Waals surface area contributed by atoms with Crippen molar-refractivity contribution in [1.82, 2.24) is 4.40 Å². The third kappa shape index (κ3) is 1.35. The van der Waals surface area contributed by atoms with Gasteiger partial charge in [0.25, 0.3) is 0 Å². The van der Waals surface area contributed by atoms with Crippen molar-refractivity contribution in [2.75, 3.05) is 0 Å². The summed E-state index contributed by atoms with van der Waals surface area (Å²) < 4.78 is 1.96. The summed E-state index contributed by atoms with van der Waals surface area (Å²) in [5.41, 5.74) is 1.90. The van der Waals surface area contributed by atoms with E-state index in [9.17, 15) is 4.79 Å². The molecule has 0 saturated heterocycles. The summed E-state index contributed by atoms with van der Waals surface area (Å²) in [6.07, 6.45) is 4.38. The van der Waals surface area contributed by atoms with Gasteiger partial charge in [-0.25, -0.2) is 0 Å². The lowest BCUT2D eigenvalue weighted by molar-refractivity contribution is 0.0988. The van der Waals surface area contributed by atoms with Crippen molar-refractivity contribution in [3.05, 3.63) is 42.2 Å². The smallest absolute Gasteiger partial charge is 0.164 e. The minimum atomic E-state index is 0.190. The second-order valence-electron chi connectivity index (χ2n) is 3.03. The van der Waals surface area contributed by atoms with E-state index in [1.54, 1.807) is 0 Å². The zero-order chi connectivity index (χ0) is 9.26. The van der Waals surface area contributed by atoms with Crippen LogP contribution in [0.25, 0.3) is 5.52 Å². The number of hydrogen-bond acceptors (Lipinski definition) is 1. The van der Waals surface area contributed by atoms with Gasteiger partial charge in [0.15, 0.2) is 5.78 Å². The molecule has 0 aromatic carbocycles. The zero-order valence-corrected chi connectivity index (χ0v) is 7.53. The molecule has 2 heteroatoms. The van der Waals surface area contributed by atoms with Gasteiger partial charge in [0.05, 0.1) is 0 Å². The minimum absolute atomic E-state index is 0.190. The van der Waals surface area contributed by atoms with E-state index in [-0.39, 0.29) is 5.78 Å². The number of ketones is 1. The molecule has 0 bridgehead atoms. The van der Waals surface area contributed by atoms with Gasteiger partial charge in [-0.3, -0.25) is 4.79 Å². The van der Waals surface area contributed by atoms with Crippen LogP contribution in [-0.2, 0) is 0 Å². The van der Waals surface area contributed by atoms with Crippen molar-refractivity contribution < 1.29 is 4.79 Å². The molecule has 0 N–H and O–H groups in total. The van der Waals surface area contributed by atoms with Crippen LogP contribution in [0.15, 0.2) is 36.7 Å². The van der Waals surface area contributed by atoms with Gasteiger partial charge in [-0.2, -0.15) is 0 Å². The fourth-order valence-electron chi connectivity index (χ4n) is 1.40. The predicted octanol–water partition coefficient (Wildman–Crippen LogP) is 2.53. The molecule has 0 atom stereocenters. The molecule has 0 radical (unpaired) electrons. The fourth-order valence-corrected chi connectivity index (χ4v) is 1.40. The lowest BCUT2D eigenvalue weighted by Crippen LogP contribution is -1.97. The van der Waals surface area contributed by atoms with Crippen LogP contribution >= 0.6 is 0 Å². The van der Waals surface area contributed by atoms with Gasteiger partial charge in [0.1, 0.15) is 0 Å². The van der Waals surface area contributed by atoms with Crippen LogP contribution in [0.4, 0.5) is 0 Å². The molecule has 0 aliphatic heterocycles. The highest BCUT2D eigenvalue weighted by molar-refractivity contribution is 5.95. The SMILES string of the molecule is CCC(=O)c1ccc2cccn2c1. The summed E-state index contributed by atoms with van der Waals surface area (Å²) in [5.74, 6) is 0.190. The molecule has 0 spiro atoms. The lowest BCUT2D eigenvalue weighted by atomic mass is 10.1. The molecule has 0 amide bonds. The number of rotatable bonds is 2. The van der Waals surface area contributed by atoms with Gasteiger partial charge >= 0.3 is 0 Å². The molecular formula is C11H11NO. The van der Waals surface area contributed by atoms with E-state index in [1.807, 2.05) is 48.0 Å². The van der Waals surface area contributed by atoms with Crippen LogP contribution in [-0.4, -0.2) is 10.2 Å². The zero-order valence-electron chi connectivity index (χ0n) is 7.53. The average Bonchev–Trinajstić information content (AvgIpc) is 2.63. The van der Waals surface area contributed by atoms with Crippen LogP contribution in [0.1, 0.15) is 23.7 Å². The van der Waals surface area contributed by atoms with E-state index in [0.29, 0.717) is 6.42 Å². The fraction of sp³-hybridized carbons (Fsp3) is 0.182. The summed E-state index contributed by atoms with van der Waals surface area (Å²) in [6, 6.07) is 7.82. The van der Waals surface area contributed by atoms with Crippen molar-refractivity contribution in [2.45, 2.75) is 13.3 Å². The van der Waals surface area contributed by atoms with Crippen molar-refractivity contribution in [3.63, 3.8) is 0 Å². The largest absolute Gasteiger partial charge is 0.323 e. The van der Waals surface area contributed by atoms with Crippen LogP contribution in [0.2, 0.25) is 0 Å². The summed E-state index contributed by atoms with van der Waals surface area (Å²) in [6.45, 7) is 1.88. The molecular weight excluding hydrogens is 162 g/mol. The first-order valence-electron chi connectivity index (χ1n) is 4.41. The van der Waals surface area contributed by atoms with E-state index in [2.05, 4.69) is 0 Å².